The zero-order valence-electron chi connectivity index (χ0n) is 7.58. The number of nitrogens with two attached hydrogens (primary N) is 1. The molecule has 0 aromatic rings. The first-order valence-corrected chi connectivity index (χ1v) is 4.44. The summed E-state index contributed by atoms with van der Waals surface area (Å²) in [4.78, 5) is 2.48. The Morgan fingerprint density at radius 2 is 1.82 bits per heavy atom. The highest BCUT2D eigenvalue weighted by molar-refractivity contribution is 4.68. The summed E-state index contributed by atoms with van der Waals surface area (Å²) in [6.07, 6.45) is 1.20. The Balaban J connectivity index is 2.34. The van der Waals surface area contributed by atoms with E-state index in [1.54, 1.807) is 0 Å². The second kappa shape index (κ2) is 4.04. The first kappa shape index (κ1) is 8.97. The van der Waals surface area contributed by atoms with E-state index in [4.69, 9.17) is 5.84 Å². The monoisotopic (exact) mass is 157 g/mol. The third-order valence-electron chi connectivity index (χ3n) is 2.30. The van der Waals surface area contributed by atoms with Gasteiger partial charge in [-0.1, -0.05) is 0 Å². The molecule has 1 fully saturated rings. The van der Waals surface area contributed by atoms with Crippen LogP contribution in [-0.2, 0) is 0 Å². The average molecular weight is 157 g/mol. The van der Waals surface area contributed by atoms with E-state index in [9.17, 15) is 0 Å². The van der Waals surface area contributed by atoms with Crippen LogP contribution in [0.1, 0.15) is 20.3 Å². The van der Waals surface area contributed by atoms with Crippen molar-refractivity contribution in [2.45, 2.75) is 26.3 Å². The van der Waals surface area contributed by atoms with Crippen LogP contribution in [0.25, 0.3) is 0 Å². The molecule has 3 nitrogen and oxygen atoms in total. The molecule has 0 bridgehead atoms. The minimum atomic E-state index is 0.668. The van der Waals surface area contributed by atoms with Crippen molar-refractivity contribution in [1.29, 1.82) is 0 Å². The molecule has 0 unspecified atom stereocenters. The van der Waals surface area contributed by atoms with E-state index in [1.807, 2.05) is 5.01 Å². The Bertz CT molecular complexity index is 114. The summed E-state index contributed by atoms with van der Waals surface area (Å²) in [6.45, 7) is 8.86. The fraction of sp³-hybridized carbons (Fsp3) is 1.00. The van der Waals surface area contributed by atoms with Crippen molar-refractivity contribution in [2.24, 2.45) is 5.84 Å². The molecule has 0 spiro atoms. The first-order chi connectivity index (χ1) is 5.20. The molecule has 0 aromatic heterocycles. The molecule has 1 heterocycles. The fourth-order valence-electron chi connectivity index (χ4n) is 1.47. The van der Waals surface area contributed by atoms with E-state index >= 15 is 0 Å². The Kier molecular flexibility index (Phi) is 3.30. The lowest BCUT2D eigenvalue weighted by molar-refractivity contribution is 0.221. The molecule has 1 rings (SSSR count). The summed E-state index contributed by atoms with van der Waals surface area (Å²) in [5, 5.41) is 1.92. The van der Waals surface area contributed by atoms with Gasteiger partial charge in [0, 0.05) is 25.7 Å². The van der Waals surface area contributed by atoms with E-state index < -0.39 is 0 Å². The van der Waals surface area contributed by atoms with Crippen LogP contribution in [0.2, 0.25) is 0 Å². The van der Waals surface area contributed by atoms with Crippen LogP contribution < -0.4 is 5.84 Å². The zero-order valence-corrected chi connectivity index (χ0v) is 7.58. The SMILES string of the molecule is CC(C)N1CCCN(N)CC1. The lowest BCUT2D eigenvalue weighted by Crippen LogP contribution is -2.37. The summed E-state index contributed by atoms with van der Waals surface area (Å²) < 4.78 is 0. The van der Waals surface area contributed by atoms with Crippen molar-refractivity contribution in [3.05, 3.63) is 0 Å². The molecule has 1 saturated heterocycles. The fourth-order valence-corrected chi connectivity index (χ4v) is 1.47. The molecular formula is C8H19N3. The lowest BCUT2D eigenvalue weighted by atomic mass is 10.3. The zero-order chi connectivity index (χ0) is 8.27. The number of rotatable bonds is 1. The van der Waals surface area contributed by atoms with Crippen LogP contribution in [0.4, 0.5) is 0 Å². The van der Waals surface area contributed by atoms with Gasteiger partial charge in [-0.2, -0.15) is 0 Å². The largest absolute Gasteiger partial charge is 0.300 e. The Morgan fingerprint density at radius 3 is 2.45 bits per heavy atom. The molecule has 66 valence electrons. The maximum Gasteiger partial charge on any atom is 0.0256 e. The van der Waals surface area contributed by atoms with Gasteiger partial charge in [-0.25, -0.2) is 5.01 Å². The van der Waals surface area contributed by atoms with E-state index in [0.717, 1.165) is 19.6 Å². The third kappa shape index (κ3) is 2.77. The van der Waals surface area contributed by atoms with E-state index in [2.05, 4.69) is 18.7 Å². The molecule has 3 heteroatoms. The lowest BCUT2D eigenvalue weighted by Gasteiger charge is -2.23. The first-order valence-electron chi connectivity index (χ1n) is 4.44. The molecule has 0 aromatic carbocycles. The van der Waals surface area contributed by atoms with Crippen LogP contribution in [0.3, 0.4) is 0 Å². The highest BCUT2D eigenvalue weighted by Gasteiger charge is 2.13. The van der Waals surface area contributed by atoms with Gasteiger partial charge in [-0.15, -0.1) is 0 Å². The van der Waals surface area contributed by atoms with Crippen molar-refractivity contribution in [3.8, 4) is 0 Å². The number of hydrazine groups is 1. The van der Waals surface area contributed by atoms with Crippen LogP contribution in [-0.4, -0.2) is 42.1 Å². The normalized spacial score (nSPS) is 24.0. The summed E-state index contributed by atoms with van der Waals surface area (Å²) in [5.74, 6) is 5.70. The van der Waals surface area contributed by atoms with Gasteiger partial charge in [0.15, 0.2) is 0 Å². The molecule has 0 atom stereocenters. The predicted molar refractivity (Wildman–Crippen MR) is 47.1 cm³/mol. The molecule has 0 radical (unpaired) electrons. The highest BCUT2D eigenvalue weighted by Crippen LogP contribution is 2.03. The van der Waals surface area contributed by atoms with Gasteiger partial charge in [0.05, 0.1) is 0 Å². The van der Waals surface area contributed by atoms with Gasteiger partial charge in [0.2, 0.25) is 0 Å². The van der Waals surface area contributed by atoms with Crippen molar-refractivity contribution in [1.82, 2.24) is 9.91 Å². The topological polar surface area (TPSA) is 32.5 Å². The highest BCUT2D eigenvalue weighted by atomic mass is 15.4. The second-order valence-electron chi connectivity index (χ2n) is 3.52. The summed E-state index contributed by atoms with van der Waals surface area (Å²) in [7, 11) is 0. The van der Waals surface area contributed by atoms with E-state index in [-0.39, 0.29) is 0 Å². The van der Waals surface area contributed by atoms with E-state index in [1.165, 1.54) is 13.0 Å². The van der Waals surface area contributed by atoms with Crippen molar-refractivity contribution < 1.29 is 0 Å². The molecule has 0 amide bonds. The quantitative estimate of drug-likeness (QED) is 0.555. The number of hydrogen-bond acceptors (Lipinski definition) is 3. The average Bonchev–Trinajstić information content (AvgIpc) is 2.13. The maximum absolute atomic E-state index is 5.70. The maximum atomic E-state index is 5.70. The number of hydrogen-bond donors (Lipinski definition) is 1. The standard InChI is InChI=1S/C8H19N3/c1-8(2)10-4-3-5-11(9)7-6-10/h8H,3-7,9H2,1-2H3. The van der Waals surface area contributed by atoms with Crippen molar-refractivity contribution in [2.75, 3.05) is 26.2 Å². The van der Waals surface area contributed by atoms with Gasteiger partial charge in [0.25, 0.3) is 0 Å². The van der Waals surface area contributed by atoms with Gasteiger partial charge in [0.1, 0.15) is 0 Å². The van der Waals surface area contributed by atoms with Crippen LogP contribution in [0.5, 0.6) is 0 Å². The minimum Gasteiger partial charge on any atom is -0.300 e. The number of nitrogens with zero attached hydrogens (tertiary/aromatic N) is 2. The Labute approximate surface area is 69.1 Å². The van der Waals surface area contributed by atoms with Crippen LogP contribution >= 0.6 is 0 Å². The summed E-state index contributed by atoms with van der Waals surface area (Å²) in [5.41, 5.74) is 0. The smallest absolute Gasteiger partial charge is 0.0256 e. The molecular weight excluding hydrogens is 138 g/mol. The van der Waals surface area contributed by atoms with Gasteiger partial charge in [-0.3, -0.25) is 10.7 Å². The van der Waals surface area contributed by atoms with Crippen LogP contribution in [0, 0.1) is 0 Å². The van der Waals surface area contributed by atoms with Gasteiger partial charge in [-0.05, 0) is 26.8 Å². The predicted octanol–water partition coefficient (Wildman–Crippen LogP) is 0.276. The van der Waals surface area contributed by atoms with E-state index in [0.29, 0.717) is 6.04 Å². The molecule has 0 saturated carbocycles. The molecule has 2 N–H and O–H groups in total. The van der Waals surface area contributed by atoms with Crippen LogP contribution in [0.15, 0.2) is 0 Å². The third-order valence-corrected chi connectivity index (χ3v) is 2.30. The molecule has 1 aliphatic heterocycles. The Hall–Kier alpha value is -0.120. The summed E-state index contributed by atoms with van der Waals surface area (Å²) in [6, 6.07) is 0.668. The summed E-state index contributed by atoms with van der Waals surface area (Å²) >= 11 is 0. The van der Waals surface area contributed by atoms with Gasteiger partial charge < -0.3 is 0 Å². The molecule has 0 aliphatic carbocycles. The van der Waals surface area contributed by atoms with Gasteiger partial charge >= 0.3 is 0 Å². The minimum absolute atomic E-state index is 0.668. The second-order valence-corrected chi connectivity index (χ2v) is 3.52. The molecule has 1 aliphatic rings. The molecule has 11 heavy (non-hydrogen) atoms. The van der Waals surface area contributed by atoms with Crippen molar-refractivity contribution >= 4 is 0 Å². The Morgan fingerprint density at radius 1 is 1.09 bits per heavy atom. The van der Waals surface area contributed by atoms with Crippen molar-refractivity contribution in [3.63, 3.8) is 0 Å².